The largest absolute Gasteiger partial charge is 0.494 e. The van der Waals surface area contributed by atoms with Crippen molar-refractivity contribution in [2.45, 2.75) is 39.7 Å². The number of amides is 1. The van der Waals surface area contributed by atoms with Gasteiger partial charge in [0.05, 0.1) is 6.61 Å². The Morgan fingerprint density at radius 1 is 1.26 bits per heavy atom. The van der Waals surface area contributed by atoms with E-state index in [1.54, 1.807) is 0 Å². The van der Waals surface area contributed by atoms with Crippen LogP contribution in [0.2, 0.25) is 0 Å². The Balaban J connectivity index is 2.27. The Labute approximate surface area is 115 Å². The van der Waals surface area contributed by atoms with Crippen molar-refractivity contribution >= 4 is 11.6 Å². The monoisotopic (exact) mass is 264 g/mol. The minimum Gasteiger partial charge on any atom is -0.494 e. The van der Waals surface area contributed by atoms with Gasteiger partial charge in [0.15, 0.2) is 0 Å². The Morgan fingerprint density at radius 3 is 2.53 bits per heavy atom. The zero-order valence-electron chi connectivity index (χ0n) is 12.0. The minimum absolute atomic E-state index is 0.0905. The molecule has 1 atom stereocenters. The van der Waals surface area contributed by atoms with Crippen LogP contribution in [0, 0.1) is 0 Å². The molecule has 0 aliphatic rings. The predicted octanol–water partition coefficient (Wildman–Crippen LogP) is 2.80. The standard InChI is InChI=1S/C15H24N2O2/c1-4-12(3)17-15(18)10-11-16-13-6-8-14(9-7-13)19-5-2/h6-9,12,16H,4-5,10-11H2,1-3H3,(H,17,18). The van der Waals surface area contributed by atoms with E-state index in [1.807, 2.05) is 38.1 Å². The molecule has 0 saturated carbocycles. The molecular weight excluding hydrogens is 240 g/mol. The molecule has 0 saturated heterocycles. The van der Waals surface area contributed by atoms with Gasteiger partial charge in [-0.3, -0.25) is 4.79 Å². The van der Waals surface area contributed by atoms with E-state index in [-0.39, 0.29) is 11.9 Å². The van der Waals surface area contributed by atoms with Crippen LogP contribution < -0.4 is 15.4 Å². The second-order valence-corrected chi connectivity index (χ2v) is 4.51. The van der Waals surface area contributed by atoms with Gasteiger partial charge < -0.3 is 15.4 Å². The summed E-state index contributed by atoms with van der Waals surface area (Å²) in [5, 5.41) is 6.16. The molecule has 1 aromatic rings. The summed E-state index contributed by atoms with van der Waals surface area (Å²) < 4.78 is 5.37. The molecule has 0 aliphatic carbocycles. The first-order chi connectivity index (χ1) is 9.15. The van der Waals surface area contributed by atoms with Crippen molar-refractivity contribution in [3.63, 3.8) is 0 Å². The zero-order chi connectivity index (χ0) is 14.1. The van der Waals surface area contributed by atoms with Gasteiger partial charge in [0, 0.05) is 24.7 Å². The number of ether oxygens (including phenoxy) is 1. The molecule has 0 heterocycles. The number of benzene rings is 1. The van der Waals surface area contributed by atoms with Gasteiger partial charge in [-0.05, 0) is 44.5 Å². The molecule has 0 radical (unpaired) electrons. The summed E-state index contributed by atoms with van der Waals surface area (Å²) in [5.41, 5.74) is 1.000. The van der Waals surface area contributed by atoms with Crippen LogP contribution in [0.4, 0.5) is 5.69 Å². The van der Waals surface area contributed by atoms with Crippen LogP contribution in [0.1, 0.15) is 33.6 Å². The third-order valence-electron chi connectivity index (χ3n) is 2.87. The van der Waals surface area contributed by atoms with Crippen LogP contribution in [0.3, 0.4) is 0 Å². The summed E-state index contributed by atoms with van der Waals surface area (Å²) in [4.78, 5) is 11.6. The van der Waals surface area contributed by atoms with Crippen LogP contribution in [0.25, 0.3) is 0 Å². The van der Waals surface area contributed by atoms with E-state index in [1.165, 1.54) is 0 Å². The third-order valence-corrected chi connectivity index (χ3v) is 2.87. The molecule has 2 N–H and O–H groups in total. The van der Waals surface area contributed by atoms with Crippen LogP contribution in [0.5, 0.6) is 5.75 Å². The van der Waals surface area contributed by atoms with E-state index in [2.05, 4.69) is 17.6 Å². The van der Waals surface area contributed by atoms with Crippen molar-refractivity contribution in [3.8, 4) is 5.75 Å². The van der Waals surface area contributed by atoms with Gasteiger partial charge in [0.2, 0.25) is 5.91 Å². The molecule has 0 fully saturated rings. The van der Waals surface area contributed by atoms with Crippen LogP contribution >= 0.6 is 0 Å². The number of carbonyl (C=O) groups excluding carboxylic acids is 1. The van der Waals surface area contributed by atoms with Gasteiger partial charge in [-0.25, -0.2) is 0 Å². The van der Waals surface area contributed by atoms with Crippen LogP contribution in [-0.2, 0) is 4.79 Å². The Kier molecular flexibility index (Phi) is 6.79. The Bertz CT molecular complexity index is 376. The number of anilines is 1. The van der Waals surface area contributed by atoms with Gasteiger partial charge in [-0.15, -0.1) is 0 Å². The molecule has 0 bridgehead atoms. The van der Waals surface area contributed by atoms with E-state index in [0.29, 0.717) is 19.6 Å². The first-order valence-electron chi connectivity index (χ1n) is 6.91. The van der Waals surface area contributed by atoms with Gasteiger partial charge in [-0.2, -0.15) is 0 Å². The van der Waals surface area contributed by atoms with Crippen LogP contribution in [0.15, 0.2) is 24.3 Å². The fraction of sp³-hybridized carbons (Fsp3) is 0.533. The number of carbonyl (C=O) groups is 1. The smallest absolute Gasteiger partial charge is 0.221 e. The predicted molar refractivity (Wildman–Crippen MR) is 78.6 cm³/mol. The Morgan fingerprint density at radius 2 is 1.95 bits per heavy atom. The second kappa shape index (κ2) is 8.40. The summed E-state index contributed by atoms with van der Waals surface area (Å²) in [7, 11) is 0. The molecule has 0 spiro atoms. The Hall–Kier alpha value is -1.71. The SMILES string of the molecule is CCOc1ccc(NCCC(=O)NC(C)CC)cc1. The van der Waals surface area contributed by atoms with E-state index < -0.39 is 0 Å². The minimum atomic E-state index is 0.0905. The molecule has 1 rings (SSSR count). The molecule has 1 amide bonds. The summed E-state index contributed by atoms with van der Waals surface area (Å²) in [6.07, 6.45) is 1.44. The lowest BCUT2D eigenvalue weighted by Gasteiger charge is -2.12. The lowest BCUT2D eigenvalue weighted by atomic mass is 10.2. The normalized spacial score (nSPS) is 11.7. The second-order valence-electron chi connectivity index (χ2n) is 4.51. The average molecular weight is 264 g/mol. The van der Waals surface area contributed by atoms with Crippen molar-refractivity contribution in [1.82, 2.24) is 5.32 Å². The molecule has 106 valence electrons. The molecule has 4 heteroatoms. The molecule has 0 aromatic heterocycles. The highest BCUT2D eigenvalue weighted by atomic mass is 16.5. The van der Waals surface area contributed by atoms with Crippen molar-refractivity contribution in [3.05, 3.63) is 24.3 Å². The van der Waals surface area contributed by atoms with Crippen molar-refractivity contribution in [2.75, 3.05) is 18.5 Å². The first-order valence-corrected chi connectivity index (χ1v) is 6.91. The van der Waals surface area contributed by atoms with Gasteiger partial charge >= 0.3 is 0 Å². The van der Waals surface area contributed by atoms with E-state index >= 15 is 0 Å². The summed E-state index contributed by atoms with van der Waals surface area (Å²) in [5.74, 6) is 0.954. The molecule has 19 heavy (non-hydrogen) atoms. The van der Waals surface area contributed by atoms with Crippen molar-refractivity contribution < 1.29 is 9.53 Å². The molecule has 4 nitrogen and oxygen atoms in total. The summed E-state index contributed by atoms with van der Waals surface area (Å²) in [6.45, 7) is 7.34. The molecule has 1 aromatic carbocycles. The van der Waals surface area contributed by atoms with Gasteiger partial charge in [0.1, 0.15) is 5.75 Å². The summed E-state index contributed by atoms with van der Waals surface area (Å²) in [6, 6.07) is 8.00. The molecule has 1 unspecified atom stereocenters. The highest BCUT2D eigenvalue weighted by Gasteiger charge is 2.04. The van der Waals surface area contributed by atoms with Crippen molar-refractivity contribution in [1.29, 1.82) is 0 Å². The van der Waals surface area contributed by atoms with E-state index in [9.17, 15) is 4.79 Å². The fourth-order valence-electron chi connectivity index (χ4n) is 1.61. The van der Waals surface area contributed by atoms with Gasteiger partial charge in [-0.1, -0.05) is 6.92 Å². The van der Waals surface area contributed by atoms with Crippen molar-refractivity contribution in [2.24, 2.45) is 0 Å². The number of rotatable bonds is 8. The molecular formula is C15H24N2O2. The summed E-state index contributed by atoms with van der Waals surface area (Å²) >= 11 is 0. The number of hydrogen-bond donors (Lipinski definition) is 2. The first kappa shape index (κ1) is 15.3. The van der Waals surface area contributed by atoms with Crippen LogP contribution in [-0.4, -0.2) is 25.1 Å². The highest BCUT2D eigenvalue weighted by molar-refractivity contribution is 5.76. The topological polar surface area (TPSA) is 50.4 Å². The number of nitrogens with one attached hydrogen (secondary N) is 2. The highest BCUT2D eigenvalue weighted by Crippen LogP contribution is 2.15. The maximum atomic E-state index is 11.6. The lowest BCUT2D eigenvalue weighted by Crippen LogP contribution is -2.32. The van der Waals surface area contributed by atoms with E-state index in [4.69, 9.17) is 4.74 Å². The third kappa shape index (κ3) is 6.13. The zero-order valence-corrected chi connectivity index (χ0v) is 12.0. The maximum Gasteiger partial charge on any atom is 0.221 e. The van der Waals surface area contributed by atoms with Gasteiger partial charge in [0.25, 0.3) is 0 Å². The lowest BCUT2D eigenvalue weighted by molar-refractivity contribution is -0.121. The number of hydrogen-bond acceptors (Lipinski definition) is 3. The quantitative estimate of drug-likeness (QED) is 0.759. The van der Waals surface area contributed by atoms with E-state index in [0.717, 1.165) is 17.9 Å². The molecule has 0 aliphatic heterocycles. The maximum absolute atomic E-state index is 11.6. The fourth-order valence-corrected chi connectivity index (χ4v) is 1.61. The average Bonchev–Trinajstić information content (AvgIpc) is 2.41.